The van der Waals surface area contributed by atoms with Gasteiger partial charge in [-0.25, -0.2) is 0 Å². The number of amides is 1. The maximum Gasteiger partial charge on any atom is 0.223 e. The molecule has 0 bridgehead atoms. The number of nitrogens with one attached hydrogen (secondary N) is 1. The maximum atomic E-state index is 10.9. The molecule has 2 rings (SSSR count). The van der Waals surface area contributed by atoms with Gasteiger partial charge in [0.2, 0.25) is 11.0 Å². The van der Waals surface area contributed by atoms with E-state index in [9.17, 15) is 4.79 Å². The number of carbonyl (C=O) groups excluding carboxylic acids is 1. The predicted octanol–water partition coefficient (Wildman–Crippen LogP) is 2.07. The Morgan fingerprint density at radius 1 is 1.61 bits per heavy atom. The first-order valence-electron chi connectivity index (χ1n) is 6.09. The van der Waals surface area contributed by atoms with Crippen molar-refractivity contribution in [3.63, 3.8) is 0 Å². The Balaban J connectivity index is 1.73. The minimum Gasteiger partial charge on any atom is -0.303 e. The molecule has 0 aromatic carbocycles. The number of anilines is 1. The maximum absolute atomic E-state index is 10.9. The van der Waals surface area contributed by atoms with Crippen molar-refractivity contribution in [2.45, 2.75) is 36.6 Å². The van der Waals surface area contributed by atoms with Crippen LogP contribution in [-0.2, 0) is 4.79 Å². The highest BCUT2D eigenvalue weighted by atomic mass is 32.2. The fraction of sp³-hybridized carbons (Fsp3) is 0.727. The zero-order valence-electron chi connectivity index (χ0n) is 10.7. The zero-order chi connectivity index (χ0) is 13.0. The van der Waals surface area contributed by atoms with Gasteiger partial charge in [0.05, 0.1) is 0 Å². The van der Waals surface area contributed by atoms with E-state index in [-0.39, 0.29) is 5.91 Å². The lowest BCUT2D eigenvalue weighted by Gasteiger charge is -2.18. The molecular weight excluding hydrogens is 268 g/mol. The third kappa shape index (κ3) is 3.93. The summed E-state index contributed by atoms with van der Waals surface area (Å²) >= 11 is 3.16. The second-order valence-electron chi connectivity index (χ2n) is 4.47. The van der Waals surface area contributed by atoms with E-state index in [2.05, 4.69) is 27.5 Å². The van der Waals surface area contributed by atoms with Gasteiger partial charge in [-0.1, -0.05) is 23.1 Å². The highest BCUT2D eigenvalue weighted by molar-refractivity contribution is 8.01. The Bertz CT molecular complexity index is 410. The van der Waals surface area contributed by atoms with Crippen molar-refractivity contribution in [1.82, 2.24) is 15.1 Å². The van der Waals surface area contributed by atoms with Crippen molar-refractivity contribution in [1.29, 1.82) is 0 Å². The van der Waals surface area contributed by atoms with Gasteiger partial charge in [-0.3, -0.25) is 4.79 Å². The number of likely N-dealkylation sites (tertiary alicyclic amines) is 1. The lowest BCUT2D eigenvalue weighted by Crippen LogP contribution is -2.25. The highest BCUT2D eigenvalue weighted by Gasteiger charge is 2.20. The molecular formula is C11H18N4OS2. The zero-order valence-corrected chi connectivity index (χ0v) is 12.3. The third-order valence-electron chi connectivity index (χ3n) is 3.04. The molecule has 0 saturated carbocycles. The largest absolute Gasteiger partial charge is 0.303 e. The number of thioether (sulfide) groups is 1. The van der Waals surface area contributed by atoms with Crippen LogP contribution in [0.5, 0.6) is 0 Å². The van der Waals surface area contributed by atoms with Gasteiger partial charge in [0.15, 0.2) is 4.34 Å². The molecule has 1 N–H and O–H groups in total. The monoisotopic (exact) mass is 286 g/mol. The fourth-order valence-electron chi connectivity index (χ4n) is 2.10. The van der Waals surface area contributed by atoms with Gasteiger partial charge in [0.1, 0.15) is 0 Å². The standard InChI is InChI=1S/C11H18N4OS2/c1-8(16)12-10-13-14-11(18-10)17-7-5-9-4-3-6-15(9)2/h9H,3-7H2,1-2H3,(H,12,13,16). The van der Waals surface area contributed by atoms with E-state index in [1.165, 1.54) is 44.1 Å². The smallest absolute Gasteiger partial charge is 0.223 e. The lowest BCUT2D eigenvalue weighted by molar-refractivity contribution is -0.114. The first kappa shape index (κ1) is 13.8. The average Bonchev–Trinajstić information content (AvgIpc) is 2.89. The van der Waals surface area contributed by atoms with Crippen molar-refractivity contribution in [2.75, 3.05) is 24.7 Å². The highest BCUT2D eigenvalue weighted by Crippen LogP contribution is 2.28. The van der Waals surface area contributed by atoms with Crippen LogP contribution >= 0.6 is 23.1 Å². The van der Waals surface area contributed by atoms with E-state index in [1.807, 2.05) is 0 Å². The summed E-state index contributed by atoms with van der Waals surface area (Å²) < 4.78 is 0.930. The summed E-state index contributed by atoms with van der Waals surface area (Å²) in [4.78, 5) is 13.3. The van der Waals surface area contributed by atoms with Crippen LogP contribution in [0.4, 0.5) is 5.13 Å². The van der Waals surface area contributed by atoms with Gasteiger partial charge in [-0.15, -0.1) is 10.2 Å². The molecule has 18 heavy (non-hydrogen) atoms. The van der Waals surface area contributed by atoms with E-state index < -0.39 is 0 Å². The predicted molar refractivity (Wildman–Crippen MR) is 75.2 cm³/mol. The molecule has 1 aromatic heterocycles. The Labute approximate surface area is 115 Å². The summed E-state index contributed by atoms with van der Waals surface area (Å²) in [5.74, 6) is 0.958. The second kappa shape index (κ2) is 6.49. The molecule has 0 radical (unpaired) electrons. The van der Waals surface area contributed by atoms with Gasteiger partial charge in [0, 0.05) is 18.7 Å². The van der Waals surface area contributed by atoms with Crippen LogP contribution in [0.15, 0.2) is 4.34 Å². The van der Waals surface area contributed by atoms with Crippen molar-refractivity contribution >= 4 is 34.1 Å². The Morgan fingerprint density at radius 3 is 3.11 bits per heavy atom. The van der Waals surface area contributed by atoms with Crippen LogP contribution in [0, 0.1) is 0 Å². The lowest BCUT2D eigenvalue weighted by atomic mass is 10.2. The van der Waals surface area contributed by atoms with Crippen LogP contribution in [0.1, 0.15) is 26.2 Å². The van der Waals surface area contributed by atoms with E-state index in [0.29, 0.717) is 5.13 Å². The van der Waals surface area contributed by atoms with Crippen LogP contribution in [0.2, 0.25) is 0 Å². The van der Waals surface area contributed by atoms with Gasteiger partial charge in [-0.2, -0.15) is 0 Å². The normalized spacial score (nSPS) is 20.2. The van der Waals surface area contributed by atoms with Crippen LogP contribution in [0.25, 0.3) is 0 Å². The van der Waals surface area contributed by atoms with Crippen molar-refractivity contribution in [3.8, 4) is 0 Å². The molecule has 0 spiro atoms. The number of carbonyl (C=O) groups is 1. The molecule has 1 amide bonds. The number of rotatable bonds is 5. The average molecular weight is 286 g/mol. The topological polar surface area (TPSA) is 58.1 Å². The molecule has 1 aromatic rings. The third-order valence-corrected chi connectivity index (χ3v) is 5.04. The van der Waals surface area contributed by atoms with E-state index in [0.717, 1.165) is 16.1 Å². The first-order valence-corrected chi connectivity index (χ1v) is 7.89. The summed E-state index contributed by atoms with van der Waals surface area (Å²) in [6.45, 7) is 2.70. The Morgan fingerprint density at radius 2 is 2.44 bits per heavy atom. The number of hydrogen-bond donors (Lipinski definition) is 1. The van der Waals surface area contributed by atoms with Crippen LogP contribution in [-0.4, -0.2) is 46.4 Å². The second-order valence-corrected chi connectivity index (χ2v) is 6.79. The van der Waals surface area contributed by atoms with Crippen molar-refractivity contribution in [2.24, 2.45) is 0 Å². The Hall–Kier alpha value is -0.660. The Kier molecular flexibility index (Phi) is 4.96. The molecule has 5 nitrogen and oxygen atoms in total. The van der Waals surface area contributed by atoms with Gasteiger partial charge < -0.3 is 10.2 Å². The van der Waals surface area contributed by atoms with Crippen LogP contribution in [0.3, 0.4) is 0 Å². The molecule has 1 unspecified atom stereocenters. The van der Waals surface area contributed by atoms with Gasteiger partial charge >= 0.3 is 0 Å². The summed E-state index contributed by atoms with van der Waals surface area (Å²) in [5, 5.41) is 11.2. The van der Waals surface area contributed by atoms with Crippen LogP contribution < -0.4 is 5.32 Å². The van der Waals surface area contributed by atoms with Gasteiger partial charge in [-0.05, 0) is 32.9 Å². The van der Waals surface area contributed by atoms with E-state index >= 15 is 0 Å². The number of hydrogen-bond acceptors (Lipinski definition) is 6. The molecule has 2 heterocycles. The summed E-state index contributed by atoms with van der Waals surface area (Å²) in [6, 6.07) is 0.722. The fourth-order valence-corrected chi connectivity index (χ4v) is 4.00. The molecule has 100 valence electrons. The van der Waals surface area contributed by atoms with Crippen molar-refractivity contribution < 1.29 is 4.79 Å². The molecule has 1 saturated heterocycles. The number of aromatic nitrogens is 2. The first-order chi connectivity index (χ1) is 8.65. The van der Waals surface area contributed by atoms with Crippen molar-refractivity contribution in [3.05, 3.63) is 0 Å². The summed E-state index contributed by atoms with van der Waals surface area (Å²) in [5.41, 5.74) is 0. The number of nitrogens with zero attached hydrogens (tertiary/aromatic N) is 3. The minimum atomic E-state index is -0.102. The summed E-state index contributed by atoms with van der Waals surface area (Å²) in [7, 11) is 2.20. The van der Waals surface area contributed by atoms with E-state index in [1.54, 1.807) is 11.8 Å². The molecule has 1 aliphatic rings. The molecule has 0 aliphatic carbocycles. The minimum absolute atomic E-state index is 0.102. The molecule has 1 fully saturated rings. The summed E-state index contributed by atoms with van der Waals surface area (Å²) in [6.07, 6.45) is 3.82. The van der Waals surface area contributed by atoms with Gasteiger partial charge in [0.25, 0.3) is 0 Å². The molecule has 7 heteroatoms. The quantitative estimate of drug-likeness (QED) is 0.663. The SMILES string of the molecule is CC(=O)Nc1nnc(SCCC2CCCN2C)s1. The molecule has 1 atom stereocenters. The molecule has 1 aliphatic heterocycles. The van der Waals surface area contributed by atoms with E-state index in [4.69, 9.17) is 0 Å².